The zero-order chi connectivity index (χ0) is 25.0. The van der Waals surface area contributed by atoms with E-state index in [0.29, 0.717) is 0 Å². The van der Waals surface area contributed by atoms with E-state index in [1.165, 1.54) is 0 Å². The van der Waals surface area contributed by atoms with Crippen LogP contribution >= 0.6 is 8.58 Å². The van der Waals surface area contributed by atoms with Crippen LogP contribution in [0.15, 0.2) is 103 Å². The van der Waals surface area contributed by atoms with Crippen molar-refractivity contribution in [1.29, 1.82) is 0 Å². The van der Waals surface area contributed by atoms with Gasteiger partial charge in [0.2, 0.25) is 0 Å². The van der Waals surface area contributed by atoms with E-state index in [1.54, 1.807) is 0 Å². The maximum absolute atomic E-state index is 5.28. The number of rotatable bonds is 5. The maximum atomic E-state index is 5.28. The molecule has 6 rings (SSSR count). The molecular weight excluding hydrogens is 570 g/mol. The van der Waals surface area contributed by atoms with Crippen molar-refractivity contribution in [3.05, 3.63) is 161 Å². The van der Waals surface area contributed by atoms with Crippen LogP contribution in [0.2, 0.25) is 0 Å². The average molecular weight is 599 g/mol. The average Bonchev–Trinajstić information content (AvgIpc) is 2.95. The zero-order valence-corrected chi connectivity index (χ0v) is 23.9. The molecule has 38 heavy (non-hydrogen) atoms. The van der Waals surface area contributed by atoms with Crippen molar-refractivity contribution in [2.75, 3.05) is 12.8 Å². The molecule has 5 heteroatoms. The van der Waals surface area contributed by atoms with Crippen LogP contribution in [-0.4, -0.2) is 27.8 Å². The molecule has 5 aromatic rings. The summed E-state index contributed by atoms with van der Waals surface area (Å²) in [6.45, 7) is 2.27. The van der Waals surface area contributed by atoms with Gasteiger partial charge >= 0.3 is 19.5 Å². The first kappa shape index (κ1) is 26.5. The molecule has 3 unspecified atom stereocenters. The summed E-state index contributed by atoms with van der Waals surface area (Å²) in [5, 5.41) is 0. The van der Waals surface area contributed by atoms with Gasteiger partial charge < -0.3 is 0 Å². The summed E-state index contributed by atoms with van der Waals surface area (Å²) in [5.74, 6) is -0.0826. The summed E-state index contributed by atoms with van der Waals surface area (Å²) < 4.78 is 0. The molecular formula is C33H28N3PRu. The zero-order valence-electron chi connectivity index (χ0n) is 21.2. The van der Waals surface area contributed by atoms with E-state index in [4.69, 9.17) is 15.0 Å². The molecule has 0 spiro atoms. The van der Waals surface area contributed by atoms with Crippen molar-refractivity contribution in [2.45, 2.75) is 24.2 Å². The Morgan fingerprint density at radius 2 is 1.00 bits per heavy atom. The van der Waals surface area contributed by atoms with Gasteiger partial charge in [-0.15, -0.1) is 19.7 Å². The molecule has 4 heterocycles. The third kappa shape index (κ3) is 5.39. The van der Waals surface area contributed by atoms with E-state index in [-0.39, 0.29) is 37.2 Å². The molecule has 3 aromatic heterocycles. The standard InChI is InChI=1S/C33H28N3P.Ru/c1-37-22-21-25-26-15-8-17-28(34-26)32(23-11-4-2-5-12-23)30-19-10-20-31(36-30)33(24-13-6-3-7-14-24)29-18-9-16-27(25)35-29;/h2-11,13,15-20,25,32-33,37H,21-22H2,1H3;/q-2;+2. The summed E-state index contributed by atoms with van der Waals surface area (Å²) in [4.78, 5) is 15.8. The van der Waals surface area contributed by atoms with Crippen LogP contribution < -0.4 is 0 Å². The number of hydrogen-bond acceptors (Lipinski definition) is 3. The topological polar surface area (TPSA) is 38.7 Å². The molecule has 0 amide bonds. The van der Waals surface area contributed by atoms with Crippen LogP contribution in [0.3, 0.4) is 0 Å². The Morgan fingerprint density at radius 1 is 0.579 bits per heavy atom. The number of pyridine rings is 3. The monoisotopic (exact) mass is 599 g/mol. The summed E-state index contributed by atoms with van der Waals surface area (Å²) in [7, 11) is 0.890. The van der Waals surface area contributed by atoms with Gasteiger partial charge in [-0.2, -0.15) is 60.7 Å². The molecule has 0 aliphatic carbocycles. The number of fused-ring (bicyclic) bond motifs is 6. The van der Waals surface area contributed by atoms with E-state index in [0.717, 1.165) is 66.5 Å². The third-order valence-electron chi connectivity index (χ3n) is 7.04. The van der Waals surface area contributed by atoms with Gasteiger partial charge in [0.1, 0.15) is 0 Å². The Hall–Kier alpha value is -3.06. The predicted octanol–water partition coefficient (Wildman–Crippen LogP) is 6.97. The van der Waals surface area contributed by atoms with Crippen molar-refractivity contribution < 1.29 is 19.5 Å². The van der Waals surface area contributed by atoms with E-state index >= 15 is 0 Å². The van der Waals surface area contributed by atoms with E-state index in [1.807, 2.05) is 24.3 Å². The molecule has 3 nitrogen and oxygen atoms in total. The molecule has 6 bridgehead atoms. The normalized spacial score (nSPS) is 18.3. The number of benzene rings is 2. The molecule has 0 saturated carbocycles. The van der Waals surface area contributed by atoms with Gasteiger partial charge in [0.15, 0.2) is 0 Å². The maximum Gasteiger partial charge on any atom is 2.00 e. The Bertz CT molecular complexity index is 1390. The first-order valence-corrected chi connectivity index (χ1v) is 14.5. The van der Waals surface area contributed by atoms with Crippen LogP contribution in [0.5, 0.6) is 0 Å². The van der Waals surface area contributed by atoms with E-state index in [2.05, 4.69) is 97.7 Å². The molecule has 3 atom stereocenters. The second-order valence-electron chi connectivity index (χ2n) is 9.41. The number of hydrogen-bond donors (Lipinski definition) is 0. The number of nitrogens with zero attached hydrogens (tertiary/aromatic N) is 3. The Kier molecular flexibility index (Phi) is 8.52. The molecule has 1 aliphatic heterocycles. The minimum absolute atomic E-state index is 0. The quantitative estimate of drug-likeness (QED) is 0.125. The van der Waals surface area contributed by atoms with E-state index in [9.17, 15) is 0 Å². The second kappa shape index (κ2) is 12.2. The number of aromatic nitrogens is 3. The van der Waals surface area contributed by atoms with Gasteiger partial charge in [-0.1, -0.05) is 18.2 Å². The predicted molar refractivity (Wildman–Crippen MR) is 151 cm³/mol. The molecule has 2 aromatic carbocycles. The summed E-state index contributed by atoms with van der Waals surface area (Å²) >= 11 is 0. The fourth-order valence-electron chi connectivity index (χ4n) is 5.29. The fourth-order valence-corrected chi connectivity index (χ4v) is 5.87. The SMILES string of the molecule is CPCCC1c2cccc(n2)C(c2[c-]cccc2)c2cccc(n2)C(c2[c-]cccc2)c2cccc1n2.[Ru+2]. The van der Waals surface area contributed by atoms with Crippen molar-refractivity contribution >= 4 is 8.58 Å². The van der Waals surface area contributed by atoms with Crippen LogP contribution in [0.4, 0.5) is 0 Å². The first-order valence-electron chi connectivity index (χ1n) is 12.8. The summed E-state index contributed by atoms with van der Waals surface area (Å²) in [6.07, 6.45) is 2.17. The second-order valence-corrected chi connectivity index (χ2v) is 10.6. The van der Waals surface area contributed by atoms with Crippen LogP contribution in [0.25, 0.3) is 0 Å². The van der Waals surface area contributed by atoms with Gasteiger partial charge in [0, 0.05) is 29.1 Å². The van der Waals surface area contributed by atoms with Gasteiger partial charge in [-0.05, 0) is 55.6 Å². The molecule has 0 saturated heterocycles. The fraction of sp³-hybridized carbons (Fsp3) is 0.182. The first-order chi connectivity index (χ1) is 18.3. The van der Waals surface area contributed by atoms with Gasteiger partial charge in [0.05, 0.1) is 22.8 Å². The summed E-state index contributed by atoms with van der Waals surface area (Å²) in [5.41, 5.74) is 8.20. The smallest absolute Gasteiger partial charge is 0.256 e. The Balaban J connectivity index is 0.00000294. The molecule has 0 radical (unpaired) electrons. The molecule has 0 N–H and O–H groups in total. The van der Waals surface area contributed by atoms with Crippen molar-refractivity contribution in [2.24, 2.45) is 0 Å². The molecule has 188 valence electrons. The largest absolute Gasteiger partial charge is 2.00 e. The minimum Gasteiger partial charge on any atom is -0.256 e. The van der Waals surface area contributed by atoms with Crippen LogP contribution in [0.1, 0.15) is 69.5 Å². The van der Waals surface area contributed by atoms with Gasteiger partial charge in [-0.3, -0.25) is 15.0 Å². The Labute approximate surface area is 239 Å². The van der Waals surface area contributed by atoms with Crippen molar-refractivity contribution in [3.63, 3.8) is 0 Å². The third-order valence-corrected chi connectivity index (χ3v) is 7.83. The minimum atomic E-state index is -0.110. The van der Waals surface area contributed by atoms with Crippen LogP contribution in [0, 0.1) is 12.1 Å². The Morgan fingerprint density at radius 3 is 1.39 bits per heavy atom. The van der Waals surface area contributed by atoms with Gasteiger partial charge in [0.25, 0.3) is 0 Å². The van der Waals surface area contributed by atoms with E-state index < -0.39 is 0 Å². The van der Waals surface area contributed by atoms with Crippen molar-refractivity contribution in [3.8, 4) is 0 Å². The van der Waals surface area contributed by atoms with Gasteiger partial charge in [-0.25, -0.2) is 0 Å². The molecule has 0 fully saturated rings. The molecule has 1 aliphatic rings. The van der Waals surface area contributed by atoms with Crippen molar-refractivity contribution in [1.82, 2.24) is 15.0 Å². The summed E-state index contributed by atoms with van der Waals surface area (Å²) in [6, 6.07) is 42.4. The van der Waals surface area contributed by atoms with Crippen LogP contribution in [-0.2, 0) is 19.5 Å².